The Balaban J connectivity index is 2.90. The lowest BCUT2D eigenvalue weighted by molar-refractivity contribution is 0.282. The number of aryl methyl sites for hydroxylation is 1. The van der Waals surface area contributed by atoms with E-state index in [4.69, 9.17) is 0 Å². The maximum atomic E-state index is 9.69. The van der Waals surface area contributed by atoms with E-state index in [0.29, 0.717) is 0 Å². The maximum Gasteiger partial charge on any atom is 0.123 e. The topological polar surface area (TPSA) is 40.5 Å². The van der Waals surface area contributed by atoms with Crippen LogP contribution in [0, 0.1) is 6.92 Å². The van der Waals surface area contributed by atoms with E-state index in [2.05, 4.69) is 0 Å². The molecule has 0 aromatic heterocycles. The summed E-state index contributed by atoms with van der Waals surface area (Å²) in [5.41, 5.74) is 1.81. The number of phenolic OH excluding ortho intramolecular Hbond substituents is 1. The molecule has 0 unspecified atom stereocenters. The van der Waals surface area contributed by atoms with Gasteiger partial charge in [0.25, 0.3) is 0 Å². The fourth-order valence-electron chi connectivity index (χ4n) is 1.76. The predicted octanol–water partition coefficient (Wildman–Crippen LogP) is 2.35. The molecule has 0 bridgehead atoms. The van der Waals surface area contributed by atoms with Gasteiger partial charge in [-0.3, -0.25) is 0 Å². The number of rotatable bonds is 1. The third-order valence-corrected chi connectivity index (χ3v) is 2.52. The van der Waals surface area contributed by atoms with Crippen LogP contribution in [0.4, 0.5) is 0 Å². The lowest BCUT2D eigenvalue weighted by Crippen LogP contribution is -1.90. The zero-order valence-electron chi connectivity index (χ0n) is 7.99. The quantitative estimate of drug-likeness (QED) is 0.721. The Morgan fingerprint density at radius 2 is 1.79 bits per heavy atom. The molecule has 0 aliphatic heterocycles. The summed E-state index contributed by atoms with van der Waals surface area (Å²) in [4.78, 5) is 0. The maximum absolute atomic E-state index is 9.69. The van der Waals surface area contributed by atoms with Crippen LogP contribution in [0.2, 0.25) is 0 Å². The van der Waals surface area contributed by atoms with Gasteiger partial charge in [-0.25, -0.2) is 0 Å². The molecule has 0 heterocycles. The number of aliphatic hydroxyl groups excluding tert-OH is 1. The standard InChI is InChI=1S/C12H12O2/c1-8-6-12(14)10-5-3-2-4-9(10)11(8)7-13/h2-6,13-14H,7H2,1H3. The minimum absolute atomic E-state index is 0.00657. The van der Waals surface area contributed by atoms with Gasteiger partial charge in [-0.1, -0.05) is 24.3 Å². The number of benzene rings is 2. The van der Waals surface area contributed by atoms with Crippen LogP contribution < -0.4 is 0 Å². The SMILES string of the molecule is Cc1cc(O)c2ccccc2c1CO. The lowest BCUT2D eigenvalue weighted by Gasteiger charge is -2.09. The zero-order valence-corrected chi connectivity index (χ0v) is 7.99. The molecule has 0 aliphatic rings. The van der Waals surface area contributed by atoms with Gasteiger partial charge >= 0.3 is 0 Å². The summed E-state index contributed by atoms with van der Waals surface area (Å²) in [5.74, 6) is 0.273. The van der Waals surface area contributed by atoms with Gasteiger partial charge in [0.1, 0.15) is 5.75 Å². The van der Waals surface area contributed by atoms with Crippen LogP contribution in [0.15, 0.2) is 30.3 Å². The minimum atomic E-state index is 0.00657. The van der Waals surface area contributed by atoms with E-state index in [-0.39, 0.29) is 12.4 Å². The molecule has 2 aromatic carbocycles. The fourth-order valence-corrected chi connectivity index (χ4v) is 1.76. The van der Waals surface area contributed by atoms with E-state index in [9.17, 15) is 10.2 Å². The highest BCUT2D eigenvalue weighted by molar-refractivity contribution is 5.91. The van der Waals surface area contributed by atoms with Crippen molar-refractivity contribution in [3.05, 3.63) is 41.5 Å². The van der Waals surface area contributed by atoms with E-state index in [1.54, 1.807) is 6.07 Å². The van der Waals surface area contributed by atoms with Gasteiger partial charge in [-0.15, -0.1) is 0 Å². The van der Waals surface area contributed by atoms with Crippen molar-refractivity contribution in [2.24, 2.45) is 0 Å². The number of phenols is 1. The van der Waals surface area contributed by atoms with Gasteiger partial charge in [0.2, 0.25) is 0 Å². The highest BCUT2D eigenvalue weighted by Crippen LogP contribution is 2.30. The molecule has 0 atom stereocenters. The van der Waals surface area contributed by atoms with Crippen LogP contribution in [0.3, 0.4) is 0 Å². The first kappa shape index (κ1) is 9.03. The number of aliphatic hydroxyl groups is 1. The Bertz CT molecular complexity index is 475. The van der Waals surface area contributed by atoms with E-state index >= 15 is 0 Å². The largest absolute Gasteiger partial charge is 0.507 e. The first-order valence-corrected chi connectivity index (χ1v) is 4.55. The van der Waals surface area contributed by atoms with Gasteiger partial charge in [0.15, 0.2) is 0 Å². The van der Waals surface area contributed by atoms with Crippen molar-refractivity contribution >= 4 is 10.8 Å². The molecule has 72 valence electrons. The summed E-state index contributed by atoms with van der Waals surface area (Å²) >= 11 is 0. The molecule has 2 nitrogen and oxygen atoms in total. The molecule has 2 rings (SSSR count). The normalized spacial score (nSPS) is 10.7. The molecular formula is C12H12O2. The van der Waals surface area contributed by atoms with Crippen molar-refractivity contribution in [1.29, 1.82) is 0 Å². The molecule has 0 amide bonds. The highest BCUT2D eigenvalue weighted by Gasteiger charge is 2.06. The summed E-state index contributed by atoms with van der Waals surface area (Å²) < 4.78 is 0. The van der Waals surface area contributed by atoms with Crippen LogP contribution in [0.1, 0.15) is 11.1 Å². The summed E-state index contributed by atoms with van der Waals surface area (Å²) in [5, 5.41) is 20.6. The third kappa shape index (κ3) is 1.24. The smallest absolute Gasteiger partial charge is 0.123 e. The average Bonchev–Trinajstić information content (AvgIpc) is 2.18. The summed E-state index contributed by atoms with van der Waals surface area (Å²) in [6.45, 7) is 1.89. The van der Waals surface area contributed by atoms with E-state index < -0.39 is 0 Å². The van der Waals surface area contributed by atoms with Crippen LogP contribution in [0.25, 0.3) is 10.8 Å². The molecule has 0 fully saturated rings. The molecule has 2 aromatic rings. The number of aromatic hydroxyl groups is 1. The van der Waals surface area contributed by atoms with E-state index in [1.165, 1.54) is 0 Å². The number of hydrogen-bond donors (Lipinski definition) is 2. The van der Waals surface area contributed by atoms with Crippen LogP contribution >= 0.6 is 0 Å². The predicted molar refractivity (Wildman–Crippen MR) is 56.3 cm³/mol. The van der Waals surface area contributed by atoms with Crippen molar-refractivity contribution in [1.82, 2.24) is 0 Å². The molecule has 14 heavy (non-hydrogen) atoms. The first-order valence-electron chi connectivity index (χ1n) is 4.55. The second-order valence-corrected chi connectivity index (χ2v) is 3.39. The Morgan fingerprint density at radius 3 is 2.43 bits per heavy atom. The van der Waals surface area contributed by atoms with E-state index in [1.807, 2.05) is 31.2 Å². The van der Waals surface area contributed by atoms with E-state index in [0.717, 1.165) is 21.9 Å². The van der Waals surface area contributed by atoms with Crippen molar-refractivity contribution in [2.75, 3.05) is 0 Å². The van der Waals surface area contributed by atoms with Gasteiger partial charge in [0, 0.05) is 5.39 Å². The van der Waals surface area contributed by atoms with Gasteiger partial charge in [0.05, 0.1) is 6.61 Å². The van der Waals surface area contributed by atoms with Crippen LogP contribution in [0.5, 0.6) is 5.75 Å². The summed E-state index contributed by atoms with van der Waals surface area (Å²) in [6.07, 6.45) is 0. The molecule has 2 heteroatoms. The highest BCUT2D eigenvalue weighted by atomic mass is 16.3. The molecule has 0 spiro atoms. The first-order chi connectivity index (χ1) is 6.74. The summed E-state index contributed by atoms with van der Waals surface area (Å²) in [7, 11) is 0. The zero-order chi connectivity index (χ0) is 10.1. The van der Waals surface area contributed by atoms with Crippen molar-refractivity contribution < 1.29 is 10.2 Å². The van der Waals surface area contributed by atoms with Gasteiger partial charge in [-0.05, 0) is 29.5 Å². The second-order valence-electron chi connectivity index (χ2n) is 3.39. The second kappa shape index (κ2) is 3.31. The Kier molecular flexibility index (Phi) is 2.14. The number of hydrogen-bond acceptors (Lipinski definition) is 2. The molecular weight excluding hydrogens is 176 g/mol. The van der Waals surface area contributed by atoms with Crippen molar-refractivity contribution in [3.63, 3.8) is 0 Å². The fraction of sp³-hybridized carbons (Fsp3) is 0.167. The Morgan fingerprint density at radius 1 is 1.14 bits per heavy atom. The number of fused-ring (bicyclic) bond motifs is 1. The van der Waals surface area contributed by atoms with Crippen molar-refractivity contribution in [3.8, 4) is 5.75 Å². The Hall–Kier alpha value is -1.54. The molecule has 0 saturated heterocycles. The Labute approximate surface area is 82.4 Å². The third-order valence-electron chi connectivity index (χ3n) is 2.52. The average molecular weight is 188 g/mol. The van der Waals surface area contributed by atoms with Gasteiger partial charge < -0.3 is 10.2 Å². The molecule has 0 radical (unpaired) electrons. The van der Waals surface area contributed by atoms with Crippen LogP contribution in [-0.4, -0.2) is 10.2 Å². The molecule has 0 aliphatic carbocycles. The monoisotopic (exact) mass is 188 g/mol. The van der Waals surface area contributed by atoms with Crippen LogP contribution in [-0.2, 0) is 6.61 Å². The minimum Gasteiger partial charge on any atom is -0.507 e. The molecule has 0 saturated carbocycles. The van der Waals surface area contributed by atoms with Gasteiger partial charge in [-0.2, -0.15) is 0 Å². The lowest BCUT2D eigenvalue weighted by atomic mass is 9.99. The summed E-state index contributed by atoms with van der Waals surface area (Å²) in [6, 6.07) is 9.23. The molecule has 2 N–H and O–H groups in total. The van der Waals surface area contributed by atoms with Crippen molar-refractivity contribution in [2.45, 2.75) is 13.5 Å².